The van der Waals surface area contributed by atoms with Gasteiger partial charge in [0, 0.05) is 12.1 Å². The van der Waals surface area contributed by atoms with Gasteiger partial charge in [0.15, 0.2) is 11.5 Å². The van der Waals surface area contributed by atoms with Gasteiger partial charge in [0.1, 0.15) is 0 Å². The van der Waals surface area contributed by atoms with E-state index < -0.39 is 0 Å². The number of piperidine rings is 1. The van der Waals surface area contributed by atoms with E-state index in [9.17, 15) is 0 Å². The minimum Gasteiger partial charge on any atom is -0.493 e. The van der Waals surface area contributed by atoms with Gasteiger partial charge in [0.05, 0.1) is 14.2 Å². The van der Waals surface area contributed by atoms with Crippen LogP contribution >= 0.6 is 0 Å². The minimum absolute atomic E-state index is 0.798. The maximum Gasteiger partial charge on any atom is 0.165 e. The van der Waals surface area contributed by atoms with E-state index in [0.717, 1.165) is 36.1 Å². The van der Waals surface area contributed by atoms with E-state index in [1.807, 2.05) is 12.1 Å². The van der Waals surface area contributed by atoms with Crippen LogP contribution in [0.15, 0.2) is 18.2 Å². The third-order valence-corrected chi connectivity index (χ3v) is 4.37. The Morgan fingerprint density at radius 2 is 1.95 bits per heavy atom. The molecule has 1 saturated heterocycles. The molecule has 1 aromatic rings. The summed E-state index contributed by atoms with van der Waals surface area (Å²) in [5, 5.41) is 3.54. The van der Waals surface area contributed by atoms with Crippen molar-refractivity contribution in [2.24, 2.45) is 5.92 Å². The second kappa shape index (κ2) is 8.25. The normalized spacial score (nSPS) is 16.9. The highest BCUT2D eigenvalue weighted by atomic mass is 16.5. The van der Waals surface area contributed by atoms with Gasteiger partial charge >= 0.3 is 0 Å². The van der Waals surface area contributed by atoms with E-state index in [1.165, 1.54) is 32.4 Å². The highest BCUT2D eigenvalue weighted by Gasteiger charge is 2.16. The monoisotopic (exact) mass is 292 g/mol. The summed E-state index contributed by atoms with van der Waals surface area (Å²) in [6, 6.07) is 6.03. The maximum absolute atomic E-state index is 5.46. The Balaban J connectivity index is 1.76. The number of para-hydroxylation sites is 1. The number of ether oxygens (including phenoxy) is 2. The fourth-order valence-corrected chi connectivity index (χ4v) is 2.97. The quantitative estimate of drug-likeness (QED) is 0.783. The fourth-order valence-electron chi connectivity index (χ4n) is 2.97. The van der Waals surface area contributed by atoms with Crippen LogP contribution in [0.2, 0.25) is 0 Å². The molecule has 2 rings (SSSR count). The van der Waals surface area contributed by atoms with Crippen LogP contribution in [0, 0.1) is 5.92 Å². The molecule has 0 aromatic heterocycles. The topological polar surface area (TPSA) is 33.7 Å². The average molecular weight is 292 g/mol. The summed E-state index contributed by atoms with van der Waals surface area (Å²) < 4.78 is 10.8. The first-order valence-electron chi connectivity index (χ1n) is 7.83. The molecule has 0 atom stereocenters. The number of nitrogens with one attached hydrogen (secondary N) is 1. The maximum atomic E-state index is 5.46. The Morgan fingerprint density at radius 1 is 1.19 bits per heavy atom. The zero-order valence-corrected chi connectivity index (χ0v) is 13.5. The highest BCUT2D eigenvalue weighted by Crippen LogP contribution is 2.30. The van der Waals surface area contributed by atoms with Crippen molar-refractivity contribution in [1.29, 1.82) is 0 Å². The van der Waals surface area contributed by atoms with Crippen LogP contribution in [0.4, 0.5) is 0 Å². The van der Waals surface area contributed by atoms with Crippen molar-refractivity contribution in [3.63, 3.8) is 0 Å². The second-order valence-electron chi connectivity index (χ2n) is 5.86. The van der Waals surface area contributed by atoms with Crippen LogP contribution < -0.4 is 14.8 Å². The largest absolute Gasteiger partial charge is 0.493 e. The van der Waals surface area contributed by atoms with Gasteiger partial charge in [-0.05, 0) is 57.9 Å². The molecule has 1 fully saturated rings. The molecule has 0 radical (unpaired) electrons. The molecule has 0 spiro atoms. The Kier molecular flexibility index (Phi) is 6.33. The van der Waals surface area contributed by atoms with Crippen LogP contribution in [0.5, 0.6) is 11.5 Å². The molecule has 1 aliphatic rings. The molecule has 0 aliphatic carbocycles. The standard InChI is InChI=1S/C17H28N2O2/c1-19-11-8-14(9-12-19)7-10-18-13-15-5-4-6-16(20-2)17(15)21-3/h4-6,14,18H,7-13H2,1-3H3. The van der Waals surface area contributed by atoms with Crippen molar-refractivity contribution in [3.8, 4) is 11.5 Å². The van der Waals surface area contributed by atoms with Crippen molar-refractivity contribution in [2.75, 3.05) is 40.9 Å². The number of methoxy groups -OCH3 is 2. The molecule has 1 heterocycles. The Morgan fingerprint density at radius 3 is 2.62 bits per heavy atom. The van der Waals surface area contributed by atoms with Gasteiger partial charge in [-0.25, -0.2) is 0 Å². The molecule has 4 heteroatoms. The minimum atomic E-state index is 0.798. The first-order chi connectivity index (χ1) is 10.2. The van der Waals surface area contributed by atoms with Gasteiger partial charge in [0.2, 0.25) is 0 Å². The third kappa shape index (κ3) is 4.61. The zero-order valence-electron chi connectivity index (χ0n) is 13.5. The lowest BCUT2D eigenvalue weighted by atomic mass is 9.94. The third-order valence-electron chi connectivity index (χ3n) is 4.37. The first kappa shape index (κ1) is 16.1. The van der Waals surface area contributed by atoms with E-state index in [0.29, 0.717) is 0 Å². The first-order valence-corrected chi connectivity index (χ1v) is 7.83. The lowest BCUT2D eigenvalue weighted by Crippen LogP contribution is -2.31. The number of nitrogens with zero attached hydrogens (tertiary/aromatic N) is 1. The van der Waals surface area contributed by atoms with E-state index in [1.54, 1.807) is 14.2 Å². The number of rotatable bonds is 7. The lowest BCUT2D eigenvalue weighted by Gasteiger charge is -2.28. The van der Waals surface area contributed by atoms with Crippen molar-refractivity contribution in [2.45, 2.75) is 25.8 Å². The van der Waals surface area contributed by atoms with Crippen molar-refractivity contribution < 1.29 is 9.47 Å². The summed E-state index contributed by atoms with van der Waals surface area (Å²) in [7, 11) is 5.58. The van der Waals surface area contributed by atoms with E-state index >= 15 is 0 Å². The Bertz CT molecular complexity index is 429. The molecule has 1 aromatic carbocycles. The van der Waals surface area contributed by atoms with Crippen LogP contribution in [0.1, 0.15) is 24.8 Å². The number of benzene rings is 1. The molecule has 118 valence electrons. The van der Waals surface area contributed by atoms with Gasteiger partial charge in [-0.2, -0.15) is 0 Å². The number of hydrogen-bond donors (Lipinski definition) is 1. The van der Waals surface area contributed by atoms with Crippen LogP contribution in [-0.4, -0.2) is 45.8 Å². The SMILES string of the molecule is COc1cccc(CNCCC2CCN(C)CC2)c1OC. The molecular weight excluding hydrogens is 264 g/mol. The summed E-state index contributed by atoms with van der Waals surface area (Å²) in [4.78, 5) is 2.42. The van der Waals surface area contributed by atoms with Crippen molar-refractivity contribution >= 4 is 0 Å². The molecule has 0 bridgehead atoms. The zero-order chi connectivity index (χ0) is 15.1. The molecule has 21 heavy (non-hydrogen) atoms. The van der Waals surface area contributed by atoms with Crippen LogP contribution in [-0.2, 0) is 6.54 Å². The van der Waals surface area contributed by atoms with Gasteiger partial charge in [-0.1, -0.05) is 12.1 Å². The number of hydrogen-bond acceptors (Lipinski definition) is 4. The summed E-state index contributed by atoms with van der Waals surface area (Å²) in [5.74, 6) is 2.51. The average Bonchev–Trinajstić information content (AvgIpc) is 2.52. The van der Waals surface area contributed by atoms with E-state index in [2.05, 4.69) is 23.3 Å². The summed E-state index contributed by atoms with van der Waals surface area (Å²) in [6.45, 7) is 4.38. The van der Waals surface area contributed by atoms with Crippen LogP contribution in [0.3, 0.4) is 0 Å². The van der Waals surface area contributed by atoms with E-state index in [4.69, 9.17) is 9.47 Å². The lowest BCUT2D eigenvalue weighted by molar-refractivity contribution is 0.211. The smallest absolute Gasteiger partial charge is 0.165 e. The molecule has 1 N–H and O–H groups in total. The molecule has 0 unspecified atom stereocenters. The number of likely N-dealkylation sites (tertiary alicyclic amines) is 1. The fraction of sp³-hybridized carbons (Fsp3) is 0.647. The Hall–Kier alpha value is -1.26. The summed E-state index contributed by atoms with van der Waals surface area (Å²) in [5.41, 5.74) is 1.15. The van der Waals surface area contributed by atoms with Gasteiger partial charge in [-0.3, -0.25) is 0 Å². The van der Waals surface area contributed by atoms with E-state index in [-0.39, 0.29) is 0 Å². The van der Waals surface area contributed by atoms with Crippen molar-refractivity contribution in [1.82, 2.24) is 10.2 Å². The highest BCUT2D eigenvalue weighted by molar-refractivity contribution is 5.46. The molecule has 0 amide bonds. The van der Waals surface area contributed by atoms with Gasteiger partial charge in [-0.15, -0.1) is 0 Å². The summed E-state index contributed by atoms with van der Waals surface area (Å²) >= 11 is 0. The predicted octanol–water partition coefficient (Wildman–Crippen LogP) is 2.53. The molecular formula is C17H28N2O2. The molecule has 4 nitrogen and oxygen atoms in total. The van der Waals surface area contributed by atoms with Gasteiger partial charge < -0.3 is 19.7 Å². The predicted molar refractivity (Wildman–Crippen MR) is 86.1 cm³/mol. The van der Waals surface area contributed by atoms with Crippen molar-refractivity contribution in [3.05, 3.63) is 23.8 Å². The molecule has 0 saturated carbocycles. The second-order valence-corrected chi connectivity index (χ2v) is 5.86. The van der Waals surface area contributed by atoms with Gasteiger partial charge in [0.25, 0.3) is 0 Å². The Labute approximate surface area is 128 Å². The molecule has 1 aliphatic heterocycles. The summed E-state index contributed by atoms with van der Waals surface area (Å²) in [6.07, 6.45) is 3.93. The van der Waals surface area contributed by atoms with Crippen LogP contribution in [0.25, 0.3) is 0 Å².